The molecule has 0 unspecified atom stereocenters. The Morgan fingerprint density at radius 3 is 3.00 bits per heavy atom. The zero-order valence-electron chi connectivity index (χ0n) is 8.66. The van der Waals surface area contributed by atoms with Crippen molar-refractivity contribution in [2.45, 2.75) is 12.8 Å². The lowest BCUT2D eigenvalue weighted by Crippen LogP contribution is -2.31. The summed E-state index contributed by atoms with van der Waals surface area (Å²) in [6.45, 7) is 3.38. The number of aromatic nitrogens is 2. The summed E-state index contributed by atoms with van der Waals surface area (Å²) in [5, 5.41) is 11.0. The third kappa shape index (κ3) is 2.48. The summed E-state index contributed by atoms with van der Waals surface area (Å²) in [4.78, 5) is 0. The molecule has 0 amide bonds. The predicted octanol–water partition coefficient (Wildman–Crippen LogP) is 0.832. The van der Waals surface area contributed by atoms with Gasteiger partial charge < -0.3 is 10.6 Å². The van der Waals surface area contributed by atoms with Crippen molar-refractivity contribution in [3.63, 3.8) is 0 Å². The molecule has 1 aromatic rings. The Kier molecular flexibility index (Phi) is 3.03. The maximum absolute atomic E-state index is 4.29. The maximum Gasteiger partial charge on any atom is 0.147 e. The van der Waals surface area contributed by atoms with Crippen LogP contribution in [-0.2, 0) is 7.05 Å². The van der Waals surface area contributed by atoms with Gasteiger partial charge in [0, 0.05) is 25.9 Å². The lowest BCUT2D eigenvalue weighted by atomic mass is 9.98. The average Bonchev–Trinajstić information content (AvgIpc) is 2.63. The molecule has 2 rings (SSSR count). The molecule has 78 valence electrons. The lowest BCUT2D eigenvalue weighted by Gasteiger charge is -2.22. The number of nitrogens with zero attached hydrogens (tertiary/aromatic N) is 2. The van der Waals surface area contributed by atoms with Gasteiger partial charge >= 0.3 is 0 Å². The van der Waals surface area contributed by atoms with Gasteiger partial charge in [-0.05, 0) is 31.8 Å². The van der Waals surface area contributed by atoms with Crippen LogP contribution in [0.15, 0.2) is 12.3 Å². The van der Waals surface area contributed by atoms with E-state index in [1.807, 2.05) is 24.0 Å². The van der Waals surface area contributed by atoms with Crippen molar-refractivity contribution in [2.75, 3.05) is 25.0 Å². The van der Waals surface area contributed by atoms with E-state index >= 15 is 0 Å². The van der Waals surface area contributed by atoms with E-state index < -0.39 is 0 Å². The molecule has 0 saturated carbocycles. The first kappa shape index (κ1) is 9.52. The molecular weight excluding hydrogens is 176 g/mol. The van der Waals surface area contributed by atoms with Crippen molar-refractivity contribution >= 4 is 5.82 Å². The summed E-state index contributed by atoms with van der Waals surface area (Å²) in [6.07, 6.45) is 4.52. The Bertz CT molecular complexity index is 275. The van der Waals surface area contributed by atoms with Gasteiger partial charge in [0.1, 0.15) is 5.82 Å². The smallest absolute Gasteiger partial charge is 0.147 e. The van der Waals surface area contributed by atoms with Gasteiger partial charge in [-0.1, -0.05) is 0 Å². The van der Waals surface area contributed by atoms with Crippen LogP contribution >= 0.6 is 0 Å². The Balaban J connectivity index is 1.76. The molecule has 1 aliphatic rings. The molecule has 1 aliphatic heterocycles. The van der Waals surface area contributed by atoms with E-state index in [4.69, 9.17) is 0 Å². The van der Waals surface area contributed by atoms with Crippen LogP contribution in [0.5, 0.6) is 0 Å². The minimum Gasteiger partial charge on any atom is -0.368 e. The van der Waals surface area contributed by atoms with Crippen LogP contribution in [0.25, 0.3) is 0 Å². The molecule has 0 aromatic carbocycles. The second kappa shape index (κ2) is 4.46. The molecule has 2 N–H and O–H groups in total. The van der Waals surface area contributed by atoms with Crippen LogP contribution in [0.3, 0.4) is 0 Å². The number of anilines is 1. The highest BCUT2D eigenvalue weighted by molar-refractivity contribution is 5.31. The van der Waals surface area contributed by atoms with Gasteiger partial charge in [-0.25, -0.2) is 0 Å². The first-order valence-electron chi connectivity index (χ1n) is 5.29. The van der Waals surface area contributed by atoms with Crippen LogP contribution < -0.4 is 10.6 Å². The highest BCUT2D eigenvalue weighted by atomic mass is 15.3. The van der Waals surface area contributed by atoms with E-state index in [1.165, 1.54) is 12.8 Å². The van der Waals surface area contributed by atoms with Crippen LogP contribution in [0.4, 0.5) is 5.82 Å². The average molecular weight is 194 g/mol. The molecule has 0 spiro atoms. The Morgan fingerprint density at radius 1 is 1.57 bits per heavy atom. The summed E-state index contributed by atoms with van der Waals surface area (Å²) in [5.41, 5.74) is 0. The molecule has 2 heterocycles. The highest BCUT2D eigenvalue weighted by Crippen LogP contribution is 2.12. The third-order valence-corrected chi connectivity index (χ3v) is 2.74. The molecule has 0 radical (unpaired) electrons. The molecule has 1 aromatic heterocycles. The van der Waals surface area contributed by atoms with E-state index in [-0.39, 0.29) is 0 Å². The van der Waals surface area contributed by atoms with E-state index in [9.17, 15) is 0 Å². The topological polar surface area (TPSA) is 41.9 Å². The van der Waals surface area contributed by atoms with E-state index in [0.717, 1.165) is 31.4 Å². The number of piperidine rings is 1. The monoisotopic (exact) mass is 194 g/mol. The van der Waals surface area contributed by atoms with Crippen LogP contribution in [-0.4, -0.2) is 29.4 Å². The Hall–Kier alpha value is -1.03. The quantitative estimate of drug-likeness (QED) is 0.749. The molecular formula is C10H18N4. The van der Waals surface area contributed by atoms with Gasteiger partial charge in [0.2, 0.25) is 0 Å². The zero-order chi connectivity index (χ0) is 9.80. The molecule has 0 bridgehead atoms. The van der Waals surface area contributed by atoms with Gasteiger partial charge in [-0.3, -0.25) is 4.68 Å². The molecule has 4 nitrogen and oxygen atoms in total. The fraction of sp³-hybridized carbons (Fsp3) is 0.700. The van der Waals surface area contributed by atoms with Gasteiger partial charge in [-0.2, -0.15) is 5.10 Å². The SMILES string of the molecule is Cn1ccc(NCC2CCNCC2)n1. The van der Waals surface area contributed by atoms with E-state index in [0.29, 0.717) is 0 Å². The van der Waals surface area contributed by atoms with Crippen LogP contribution in [0.2, 0.25) is 0 Å². The summed E-state index contributed by atoms with van der Waals surface area (Å²) in [6, 6.07) is 2.01. The van der Waals surface area contributed by atoms with E-state index in [2.05, 4.69) is 15.7 Å². The molecule has 0 aliphatic carbocycles. The second-order valence-corrected chi connectivity index (χ2v) is 3.95. The van der Waals surface area contributed by atoms with Crippen molar-refractivity contribution in [2.24, 2.45) is 13.0 Å². The Labute approximate surface area is 84.7 Å². The van der Waals surface area contributed by atoms with Crippen molar-refractivity contribution < 1.29 is 0 Å². The van der Waals surface area contributed by atoms with Crippen LogP contribution in [0.1, 0.15) is 12.8 Å². The molecule has 4 heteroatoms. The number of aryl methyl sites for hydroxylation is 1. The summed E-state index contributed by atoms with van der Waals surface area (Å²) in [7, 11) is 1.94. The highest BCUT2D eigenvalue weighted by Gasteiger charge is 2.12. The first-order chi connectivity index (χ1) is 6.84. The van der Waals surface area contributed by atoms with Gasteiger partial charge in [0.15, 0.2) is 0 Å². The van der Waals surface area contributed by atoms with Gasteiger partial charge in [0.05, 0.1) is 0 Å². The summed E-state index contributed by atoms with van der Waals surface area (Å²) < 4.78 is 1.82. The number of hydrogen-bond donors (Lipinski definition) is 2. The number of nitrogens with one attached hydrogen (secondary N) is 2. The van der Waals surface area contributed by atoms with Crippen molar-refractivity contribution in [3.8, 4) is 0 Å². The van der Waals surface area contributed by atoms with Crippen molar-refractivity contribution in [1.29, 1.82) is 0 Å². The van der Waals surface area contributed by atoms with Crippen molar-refractivity contribution in [3.05, 3.63) is 12.3 Å². The maximum atomic E-state index is 4.29. The Morgan fingerprint density at radius 2 is 2.36 bits per heavy atom. The molecule has 14 heavy (non-hydrogen) atoms. The third-order valence-electron chi connectivity index (χ3n) is 2.74. The molecule has 1 fully saturated rings. The van der Waals surface area contributed by atoms with E-state index in [1.54, 1.807) is 0 Å². The van der Waals surface area contributed by atoms with Gasteiger partial charge in [-0.15, -0.1) is 0 Å². The zero-order valence-corrected chi connectivity index (χ0v) is 8.66. The normalized spacial score (nSPS) is 18.4. The van der Waals surface area contributed by atoms with Gasteiger partial charge in [0.25, 0.3) is 0 Å². The first-order valence-corrected chi connectivity index (χ1v) is 5.29. The minimum absolute atomic E-state index is 0.804. The number of rotatable bonds is 3. The molecule has 0 atom stereocenters. The largest absolute Gasteiger partial charge is 0.368 e. The fourth-order valence-corrected chi connectivity index (χ4v) is 1.84. The standard InChI is InChI=1S/C10H18N4/c1-14-7-4-10(13-14)12-8-9-2-5-11-6-3-9/h4,7,9,11H,2-3,5-6,8H2,1H3,(H,12,13). The number of hydrogen-bond acceptors (Lipinski definition) is 3. The minimum atomic E-state index is 0.804. The van der Waals surface area contributed by atoms with Crippen molar-refractivity contribution in [1.82, 2.24) is 15.1 Å². The lowest BCUT2D eigenvalue weighted by molar-refractivity contribution is 0.389. The summed E-state index contributed by atoms with van der Waals surface area (Å²) >= 11 is 0. The second-order valence-electron chi connectivity index (χ2n) is 3.95. The van der Waals surface area contributed by atoms with Crippen LogP contribution in [0, 0.1) is 5.92 Å². The summed E-state index contributed by atoms with van der Waals surface area (Å²) in [5.74, 6) is 1.80. The fourth-order valence-electron chi connectivity index (χ4n) is 1.84. The predicted molar refractivity (Wildman–Crippen MR) is 57.3 cm³/mol. The molecule has 1 saturated heterocycles.